The highest BCUT2D eigenvalue weighted by atomic mass is 15.2. The standard InChI is InChI=1S/C14H28N2/c1-3-12(2)15-14-8-9-16(11-14)10-13-6-4-5-7-13/h12-15H,3-11H2,1-2H3. The van der Waals surface area contributed by atoms with E-state index < -0.39 is 0 Å². The smallest absolute Gasteiger partial charge is 0.0209 e. The second kappa shape index (κ2) is 6.02. The van der Waals surface area contributed by atoms with Gasteiger partial charge in [-0.05, 0) is 45.1 Å². The van der Waals surface area contributed by atoms with E-state index in [9.17, 15) is 0 Å². The van der Waals surface area contributed by atoms with Gasteiger partial charge in [0.25, 0.3) is 0 Å². The molecule has 16 heavy (non-hydrogen) atoms. The monoisotopic (exact) mass is 224 g/mol. The van der Waals surface area contributed by atoms with E-state index in [-0.39, 0.29) is 0 Å². The summed E-state index contributed by atoms with van der Waals surface area (Å²) in [5, 5.41) is 3.74. The average Bonchev–Trinajstić information content (AvgIpc) is 2.91. The predicted octanol–water partition coefficient (Wildman–Crippen LogP) is 2.64. The van der Waals surface area contributed by atoms with Crippen LogP contribution in [0.15, 0.2) is 0 Å². The summed E-state index contributed by atoms with van der Waals surface area (Å²) in [6, 6.07) is 1.45. The molecule has 0 aromatic carbocycles. The molecule has 0 radical (unpaired) electrons. The fourth-order valence-electron chi connectivity index (χ4n) is 3.21. The van der Waals surface area contributed by atoms with Crippen LogP contribution in [0, 0.1) is 5.92 Å². The predicted molar refractivity (Wildman–Crippen MR) is 69.7 cm³/mol. The van der Waals surface area contributed by atoms with Crippen molar-refractivity contribution in [3.63, 3.8) is 0 Å². The van der Waals surface area contributed by atoms with Gasteiger partial charge in [0.15, 0.2) is 0 Å². The zero-order valence-corrected chi connectivity index (χ0v) is 11.0. The third-order valence-electron chi connectivity index (χ3n) is 4.40. The Hall–Kier alpha value is -0.0800. The lowest BCUT2D eigenvalue weighted by atomic mass is 10.1. The van der Waals surface area contributed by atoms with Crippen LogP contribution in [0.3, 0.4) is 0 Å². The Morgan fingerprint density at radius 3 is 2.69 bits per heavy atom. The molecule has 0 aromatic rings. The van der Waals surface area contributed by atoms with Crippen molar-refractivity contribution >= 4 is 0 Å². The Morgan fingerprint density at radius 2 is 2.00 bits per heavy atom. The molecule has 94 valence electrons. The number of hydrogen-bond donors (Lipinski definition) is 1. The van der Waals surface area contributed by atoms with E-state index in [1.807, 2.05) is 0 Å². The van der Waals surface area contributed by atoms with Gasteiger partial charge in [-0.2, -0.15) is 0 Å². The quantitative estimate of drug-likeness (QED) is 0.772. The van der Waals surface area contributed by atoms with Crippen LogP contribution in [-0.4, -0.2) is 36.6 Å². The van der Waals surface area contributed by atoms with Gasteiger partial charge in [0, 0.05) is 25.2 Å². The molecule has 2 rings (SSSR count). The van der Waals surface area contributed by atoms with E-state index in [2.05, 4.69) is 24.1 Å². The fourth-order valence-corrected chi connectivity index (χ4v) is 3.21. The Bertz CT molecular complexity index is 199. The van der Waals surface area contributed by atoms with Crippen molar-refractivity contribution in [3.05, 3.63) is 0 Å². The van der Waals surface area contributed by atoms with Crippen molar-refractivity contribution in [2.24, 2.45) is 5.92 Å². The first kappa shape index (κ1) is 12.4. The second-order valence-corrected chi connectivity index (χ2v) is 5.87. The Morgan fingerprint density at radius 1 is 1.25 bits per heavy atom. The molecular formula is C14H28N2. The van der Waals surface area contributed by atoms with E-state index in [1.165, 1.54) is 58.2 Å². The lowest BCUT2D eigenvalue weighted by Crippen LogP contribution is -2.38. The van der Waals surface area contributed by atoms with Gasteiger partial charge in [-0.1, -0.05) is 19.8 Å². The van der Waals surface area contributed by atoms with Gasteiger partial charge in [0.05, 0.1) is 0 Å². The maximum atomic E-state index is 3.74. The maximum Gasteiger partial charge on any atom is 0.0209 e. The summed E-state index contributed by atoms with van der Waals surface area (Å²) in [7, 11) is 0. The van der Waals surface area contributed by atoms with Crippen molar-refractivity contribution in [3.8, 4) is 0 Å². The number of likely N-dealkylation sites (tertiary alicyclic amines) is 1. The van der Waals surface area contributed by atoms with Gasteiger partial charge in [-0.25, -0.2) is 0 Å². The summed E-state index contributed by atoms with van der Waals surface area (Å²) in [5.41, 5.74) is 0. The zero-order chi connectivity index (χ0) is 11.4. The SMILES string of the molecule is CCC(C)NC1CCN(CC2CCCC2)C1. The summed E-state index contributed by atoms with van der Waals surface area (Å²) in [6.45, 7) is 8.56. The number of nitrogens with one attached hydrogen (secondary N) is 1. The molecule has 0 bridgehead atoms. The molecule has 1 aliphatic heterocycles. The molecule has 2 heteroatoms. The molecule has 0 spiro atoms. The van der Waals surface area contributed by atoms with Crippen LogP contribution < -0.4 is 5.32 Å². The molecule has 1 saturated carbocycles. The van der Waals surface area contributed by atoms with Crippen molar-refractivity contribution in [2.45, 2.75) is 64.5 Å². The van der Waals surface area contributed by atoms with E-state index >= 15 is 0 Å². The topological polar surface area (TPSA) is 15.3 Å². The van der Waals surface area contributed by atoms with Gasteiger partial charge >= 0.3 is 0 Å². The van der Waals surface area contributed by atoms with E-state index in [1.54, 1.807) is 0 Å². The van der Waals surface area contributed by atoms with Crippen LogP contribution >= 0.6 is 0 Å². The Kier molecular flexibility index (Phi) is 4.66. The van der Waals surface area contributed by atoms with E-state index in [0.29, 0.717) is 6.04 Å². The van der Waals surface area contributed by atoms with Gasteiger partial charge < -0.3 is 10.2 Å². The maximum absolute atomic E-state index is 3.74. The molecule has 0 amide bonds. The minimum atomic E-state index is 0.691. The van der Waals surface area contributed by atoms with Crippen molar-refractivity contribution in [1.82, 2.24) is 10.2 Å². The Balaban J connectivity index is 1.66. The van der Waals surface area contributed by atoms with Crippen molar-refractivity contribution < 1.29 is 0 Å². The molecule has 2 atom stereocenters. The van der Waals surface area contributed by atoms with Crippen molar-refractivity contribution in [2.75, 3.05) is 19.6 Å². The molecule has 1 aliphatic carbocycles. The summed E-state index contributed by atoms with van der Waals surface area (Å²) >= 11 is 0. The molecule has 2 aliphatic rings. The van der Waals surface area contributed by atoms with Gasteiger partial charge in [-0.3, -0.25) is 0 Å². The lowest BCUT2D eigenvalue weighted by molar-refractivity contribution is 0.271. The van der Waals surface area contributed by atoms with Gasteiger partial charge in [0.2, 0.25) is 0 Å². The van der Waals surface area contributed by atoms with Crippen LogP contribution in [0.25, 0.3) is 0 Å². The third-order valence-corrected chi connectivity index (χ3v) is 4.40. The summed E-state index contributed by atoms with van der Waals surface area (Å²) < 4.78 is 0. The lowest BCUT2D eigenvalue weighted by Gasteiger charge is -2.21. The van der Waals surface area contributed by atoms with Crippen molar-refractivity contribution in [1.29, 1.82) is 0 Å². The third kappa shape index (κ3) is 3.46. The normalized spacial score (nSPS) is 30.0. The Labute approximate surface area is 101 Å². The molecule has 2 unspecified atom stereocenters. The first-order valence-electron chi connectivity index (χ1n) is 7.26. The highest BCUT2D eigenvalue weighted by Gasteiger charge is 2.26. The number of rotatable bonds is 5. The van der Waals surface area contributed by atoms with Crippen LogP contribution in [0.4, 0.5) is 0 Å². The summed E-state index contributed by atoms with van der Waals surface area (Å²) in [4.78, 5) is 2.69. The molecule has 2 fully saturated rings. The highest BCUT2D eigenvalue weighted by molar-refractivity contribution is 4.84. The number of nitrogens with zero attached hydrogens (tertiary/aromatic N) is 1. The minimum Gasteiger partial charge on any atom is -0.310 e. The molecule has 2 nitrogen and oxygen atoms in total. The minimum absolute atomic E-state index is 0.691. The van der Waals surface area contributed by atoms with E-state index in [0.717, 1.165) is 12.0 Å². The highest BCUT2D eigenvalue weighted by Crippen LogP contribution is 2.26. The summed E-state index contributed by atoms with van der Waals surface area (Å²) in [6.07, 6.45) is 8.54. The zero-order valence-electron chi connectivity index (χ0n) is 11.0. The summed E-state index contributed by atoms with van der Waals surface area (Å²) in [5.74, 6) is 1.02. The van der Waals surface area contributed by atoms with Crippen LogP contribution in [0.1, 0.15) is 52.4 Å². The molecular weight excluding hydrogens is 196 g/mol. The largest absolute Gasteiger partial charge is 0.310 e. The van der Waals surface area contributed by atoms with E-state index in [4.69, 9.17) is 0 Å². The molecule has 0 aromatic heterocycles. The number of hydrogen-bond acceptors (Lipinski definition) is 2. The average molecular weight is 224 g/mol. The first-order valence-corrected chi connectivity index (χ1v) is 7.26. The molecule has 1 saturated heterocycles. The van der Waals surface area contributed by atoms with Crippen LogP contribution in [-0.2, 0) is 0 Å². The van der Waals surface area contributed by atoms with Crippen LogP contribution in [0.2, 0.25) is 0 Å². The van der Waals surface area contributed by atoms with Crippen LogP contribution in [0.5, 0.6) is 0 Å². The van der Waals surface area contributed by atoms with Gasteiger partial charge in [0.1, 0.15) is 0 Å². The molecule has 1 N–H and O–H groups in total. The van der Waals surface area contributed by atoms with Gasteiger partial charge in [-0.15, -0.1) is 0 Å². The second-order valence-electron chi connectivity index (χ2n) is 5.87. The first-order chi connectivity index (χ1) is 7.78. The fraction of sp³-hybridized carbons (Fsp3) is 1.00. The molecule has 1 heterocycles.